The molecule has 1 aliphatic rings. The minimum absolute atomic E-state index is 0.0438. The number of hydrogen-bond acceptors (Lipinski definition) is 3. The van der Waals surface area contributed by atoms with E-state index in [0.29, 0.717) is 20.5 Å². The van der Waals surface area contributed by atoms with Crippen LogP contribution in [0.5, 0.6) is 0 Å². The van der Waals surface area contributed by atoms with Gasteiger partial charge in [-0.2, -0.15) is 0 Å². The molecule has 7 heteroatoms. The van der Waals surface area contributed by atoms with Crippen molar-refractivity contribution in [2.24, 2.45) is 0 Å². The van der Waals surface area contributed by atoms with Crippen molar-refractivity contribution in [3.05, 3.63) is 91.1 Å². The first kappa shape index (κ1) is 22.7. The highest BCUT2D eigenvalue weighted by atomic mass is 35.5. The number of amides is 2. The van der Waals surface area contributed by atoms with E-state index in [1.54, 1.807) is 24.3 Å². The third-order valence-corrected chi connectivity index (χ3v) is 7.37. The average Bonchev–Trinajstić information content (AvgIpc) is 3.16. The van der Waals surface area contributed by atoms with Crippen LogP contribution < -0.4 is 0 Å². The number of carbonyl (C=O) groups is 2. The first-order chi connectivity index (χ1) is 15.2. The predicted molar refractivity (Wildman–Crippen MR) is 133 cm³/mol. The van der Waals surface area contributed by atoms with Gasteiger partial charge >= 0.3 is 0 Å². The summed E-state index contributed by atoms with van der Waals surface area (Å²) in [5.74, 6) is -0.341. The number of benzene rings is 2. The van der Waals surface area contributed by atoms with E-state index in [4.69, 9.17) is 23.2 Å². The van der Waals surface area contributed by atoms with Crippen LogP contribution in [0, 0.1) is 27.7 Å². The molecule has 4 nitrogen and oxygen atoms in total. The highest BCUT2D eigenvalue weighted by Crippen LogP contribution is 2.36. The van der Waals surface area contributed by atoms with E-state index in [2.05, 4.69) is 36.6 Å². The Morgan fingerprint density at radius 2 is 1.62 bits per heavy atom. The molecule has 1 fully saturated rings. The summed E-state index contributed by atoms with van der Waals surface area (Å²) in [5, 5.41) is 0.523. The molecule has 3 aromatic rings. The smallest absolute Gasteiger partial charge is 0.293 e. The van der Waals surface area contributed by atoms with Crippen LogP contribution in [0.2, 0.25) is 10.0 Å². The first-order valence-electron chi connectivity index (χ1n) is 10.1. The fraction of sp³-hybridized carbons (Fsp3) is 0.200. The lowest BCUT2D eigenvalue weighted by molar-refractivity contribution is -0.123. The van der Waals surface area contributed by atoms with Crippen molar-refractivity contribution >= 4 is 52.2 Å². The summed E-state index contributed by atoms with van der Waals surface area (Å²) in [6.45, 7) is 8.27. The van der Waals surface area contributed by atoms with Gasteiger partial charge in [0.1, 0.15) is 0 Å². The fourth-order valence-corrected chi connectivity index (χ4v) is 5.16. The Morgan fingerprint density at radius 3 is 2.28 bits per heavy atom. The lowest BCUT2D eigenvalue weighted by Gasteiger charge is -2.14. The Morgan fingerprint density at radius 1 is 0.938 bits per heavy atom. The molecule has 32 heavy (non-hydrogen) atoms. The molecule has 2 aromatic carbocycles. The molecule has 164 valence electrons. The fourth-order valence-electron chi connectivity index (χ4n) is 3.81. The van der Waals surface area contributed by atoms with Gasteiger partial charge in [-0.3, -0.25) is 14.5 Å². The molecule has 1 aromatic heterocycles. The second-order valence-electron chi connectivity index (χ2n) is 7.90. The van der Waals surface area contributed by atoms with Crippen molar-refractivity contribution in [3.63, 3.8) is 0 Å². The van der Waals surface area contributed by atoms with Gasteiger partial charge in [0.15, 0.2) is 0 Å². The van der Waals surface area contributed by atoms with Crippen molar-refractivity contribution in [2.45, 2.75) is 34.2 Å². The summed E-state index contributed by atoms with van der Waals surface area (Å²) in [6.07, 6.45) is 1.79. The summed E-state index contributed by atoms with van der Waals surface area (Å²) < 4.78 is 2.16. The topological polar surface area (TPSA) is 42.3 Å². The van der Waals surface area contributed by atoms with Crippen molar-refractivity contribution in [3.8, 4) is 5.69 Å². The van der Waals surface area contributed by atoms with Gasteiger partial charge in [0.05, 0.1) is 11.4 Å². The van der Waals surface area contributed by atoms with Gasteiger partial charge < -0.3 is 4.57 Å². The third-order valence-electron chi connectivity index (χ3n) is 5.76. The van der Waals surface area contributed by atoms with E-state index >= 15 is 0 Å². The van der Waals surface area contributed by atoms with E-state index in [0.717, 1.165) is 34.4 Å². The Kier molecular flexibility index (Phi) is 6.26. The molecule has 2 amide bonds. The highest BCUT2D eigenvalue weighted by Gasteiger charge is 2.36. The minimum Gasteiger partial charge on any atom is -0.318 e. The second-order valence-corrected chi connectivity index (χ2v) is 9.71. The van der Waals surface area contributed by atoms with Crippen LogP contribution in [0.25, 0.3) is 11.8 Å². The van der Waals surface area contributed by atoms with Gasteiger partial charge in [0, 0.05) is 32.7 Å². The zero-order chi connectivity index (χ0) is 23.2. The maximum absolute atomic E-state index is 13.0. The van der Waals surface area contributed by atoms with E-state index in [1.165, 1.54) is 16.0 Å². The van der Waals surface area contributed by atoms with Crippen molar-refractivity contribution < 1.29 is 9.59 Å². The monoisotopic (exact) mass is 484 g/mol. The second kappa shape index (κ2) is 8.81. The van der Waals surface area contributed by atoms with Crippen LogP contribution in [0.4, 0.5) is 4.79 Å². The molecule has 1 saturated heterocycles. The maximum atomic E-state index is 13.0. The molecule has 0 saturated carbocycles. The summed E-state index contributed by atoms with van der Waals surface area (Å²) in [6, 6.07) is 13.5. The van der Waals surface area contributed by atoms with Crippen LogP contribution in [0.15, 0.2) is 47.4 Å². The van der Waals surface area contributed by atoms with Gasteiger partial charge in [-0.15, -0.1) is 0 Å². The number of rotatable bonds is 4. The Labute approximate surface area is 201 Å². The van der Waals surface area contributed by atoms with Gasteiger partial charge in [-0.25, -0.2) is 0 Å². The normalized spacial score (nSPS) is 15.3. The number of aryl methyl sites for hydroxylation is 3. The Balaban J connectivity index is 1.66. The molecule has 0 atom stereocenters. The quantitative estimate of drug-likeness (QED) is 0.366. The van der Waals surface area contributed by atoms with Crippen molar-refractivity contribution in [2.75, 3.05) is 0 Å². The highest BCUT2D eigenvalue weighted by molar-refractivity contribution is 8.18. The van der Waals surface area contributed by atoms with Crippen LogP contribution in [0.1, 0.15) is 33.6 Å². The van der Waals surface area contributed by atoms with Crippen molar-refractivity contribution in [1.29, 1.82) is 0 Å². The molecule has 4 rings (SSSR count). The number of imide groups is 1. The molecule has 1 aliphatic heterocycles. The number of hydrogen-bond donors (Lipinski definition) is 0. The van der Waals surface area contributed by atoms with Gasteiger partial charge in [-0.1, -0.05) is 35.3 Å². The predicted octanol–water partition coefficient (Wildman–Crippen LogP) is 7.25. The molecule has 0 unspecified atom stereocenters. The summed E-state index contributed by atoms with van der Waals surface area (Å²) in [7, 11) is 0. The van der Waals surface area contributed by atoms with E-state index in [1.807, 2.05) is 19.9 Å². The summed E-state index contributed by atoms with van der Waals surface area (Å²) in [4.78, 5) is 27.2. The number of nitrogens with zero attached hydrogens (tertiary/aromatic N) is 2. The zero-order valence-electron chi connectivity index (χ0n) is 18.2. The van der Waals surface area contributed by atoms with Gasteiger partial charge in [-0.05, 0) is 92.6 Å². The lowest BCUT2D eigenvalue weighted by Crippen LogP contribution is -2.27. The minimum atomic E-state index is -0.341. The lowest BCUT2D eigenvalue weighted by atomic mass is 10.1. The molecule has 0 aliphatic carbocycles. The van der Waals surface area contributed by atoms with E-state index in [-0.39, 0.29) is 17.7 Å². The van der Waals surface area contributed by atoms with Crippen LogP contribution in [0.3, 0.4) is 0 Å². The zero-order valence-corrected chi connectivity index (χ0v) is 20.5. The molecule has 0 N–H and O–H groups in total. The summed E-state index contributed by atoms with van der Waals surface area (Å²) >= 11 is 13.4. The van der Waals surface area contributed by atoms with Crippen LogP contribution in [-0.2, 0) is 11.3 Å². The first-order valence-corrected chi connectivity index (χ1v) is 11.7. The van der Waals surface area contributed by atoms with Crippen LogP contribution in [-0.4, -0.2) is 20.6 Å². The largest absolute Gasteiger partial charge is 0.318 e. The van der Waals surface area contributed by atoms with Gasteiger partial charge in [0.25, 0.3) is 11.1 Å². The molecule has 0 radical (unpaired) electrons. The number of halogens is 2. The average molecular weight is 485 g/mol. The summed E-state index contributed by atoms with van der Waals surface area (Å²) in [5.41, 5.74) is 7.06. The maximum Gasteiger partial charge on any atom is 0.293 e. The molecule has 0 bridgehead atoms. The molecular weight excluding hydrogens is 463 g/mol. The van der Waals surface area contributed by atoms with E-state index in [9.17, 15) is 9.59 Å². The van der Waals surface area contributed by atoms with E-state index < -0.39 is 0 Å². The molecule has 0 spiro atoms. The number of thioether (sulfide) groups is 1. The Hall–Kier alpha value is -2.47. The molecular formula is C25H22Cl2N2O2S. The Bertz CT molecular complexity index is 1270. The number of aromatic nitrogens is 1. The van der Waals surface area contributed by atoms with Crippen LogP contribution >= 0.6 is 35.0 Å². The number of carbonyl (C=O) groups excluding carboxylic acids is 2. The van der Waals surface area contributed by atoms with Gasteiger partial charge in [0.2, 0.25) is 0 Å². The molecule has 2 heterocycles. The van der Waals surface area contributed by atoms with Crippen molar-refractivity contribution in [1.82, 2.24) is 9.47 Å². The third kappa shape index (κ3) is 4.13. The SMILES string of the molecule is Cc1ccc(-n2c(C)cc(/C=C3\SC(=O)N(Cc4c(Cl)cccc4Cl)C3=O)c2C)cc1C. The standard InChI is InChI=1S/C25H22Cl2N2O2S/c1-14-8-9-19(10-15(14)2)29-16(3)11-18(17(29)4)12-23-24(30)28(25(31)32-23)13-20-21(26)6-5-7-22(20)27/h5-12H,13H2,1-4H3/b23-12-.